The van der Waals surface area contributed by atoms with E-state index in [1.165, 1.54) is 52.3 Å². The number of benzene rings is 2. The molecule has 2 fully saturated rings. The van der Waals surface area contributed by atoms with Gasteiger partial charge in [0.25, 0.3) is 5.91 Å². The van der Waals surface area contributed by atoms with Gasteiger partial charge in [0, 0.05) is 89.4 Å². The van der Waals surface area contributed by atoms with Crippen LogP contribution in [0.3, 0.4) is 0 Å². The first-order valence-corrected chi connectivity index (χ1v) is 33.8. The number of urea groups is 1. The van der Waals surface area contributed by atoms with Crippen LogP contribution in [0.25, 0.3) is 0 Å². The lowest BCUT2D eigenvalue weighted by Gasteiger charge is -2.41. The molecule has 3 aliphatic heterocycles. The summed E-state index contributed by atoms with van der Waals surface area (Å²) in [6.07, 6.45) is 6.50. The van der Waals surface area contributed by atoms with Crippen LogP contribution >= 0.6 is 11.6 Å². The molecule has 5 rings (SSSR count). The minimum absolute atomic E-state index is 0.00302. The van der Waals surface area contributed by atoms with Gasteiger partial charge in [-0.15, -0.1) is 0 Å². The fourth-order valence-electron chi connectivity index (χ4n) is 12.1. The SMILES string of the molecule is CCC(CC)C(=O)CCCCCCC(=O)C[C@H](C(=O)N[C@@H](CCCNC(N)=O)C(=O)Cc1ccc(C(=O)N(C)[C@@H](C)C(=O)O[C@H]2CC(=O)N(C)c3cc(cc(OC)c3Cl)C/C(C)=C/C=C/[C@@H](OC)[C@]3(O)CC(=O)O[C@@H](C3)[C@@H](C)[C@@H]3O[C@@]23C)cc1S(C)(=O)=O)C(C)C. The number of fused-ring (bicyclic) bond motifs is 5. The summed E-state index contributed by atoms with van der Waals surface area (Å²) < 4.78 is 56.9. The lowest BCUT2D eigenvalue weighted by molar-refractivity contribution is -0.187. The van der Waals surface area contributed by atoms with Gasteiger partial charge in [0.05, 0.1) is 42.7 Å². The molecule has 5 N–H and O–H groups in total. The van der Waals surface area contributed by atoms with Crippen molar-refractivity contribution in [1.82, 2.24) is 15.5 Å². The molecule has 0 aliphatic carbocycles. The van der Waals surface area contributed by atoms with Crippen molar-refractivity contribution < 1.29 is 80.4 Å². The number of likely N-dealkylation sites (N-methyl/N-ethyl adjacent to an activating group) is 1. The smallest absolute Gasteiger partial charge is 0.328 e. The molecule has 2 saturated heterocycles. The highest BCUT2D eigenvalue weighted by molar-refractivity contribution is 7.90. The number of Topliss-reactive ketones (excluding diaryl/α,β-unsaturated/α-hetero) is 3. The number of aliphatic hydroxyl groups is 1. The largest absolute Gasteiger partial charge is 0.495 e. The number of ketones is 3. The maximum Gasteiger partial charge on any atom is 0.328 e. The number of nitrogens with zero attached hydrogens (tertiary/aromatic N) is 2. The fourth-order valence-corrected chi connectivity index (χ4v) is 13.4. The standard InChI is InChI=1S/C67H96ClN5O17S/c1-14-44(15-2)51(75)25-19-17-16-18-23-47(74)35-48(39(3)4)62(79)71-49(24-21-29-70-65(69)82)52(76)33-45-27-28-46(34-55(45)91(13,84)85)63(80)72(9)42(7)64(81)89-57-36-58(77)73(10)50-31-43(32-53(86-11)60(50)68)30-40(5)22-20-26-56(87-12)67(83)37-54(88-59(78)38-67)41(6)61-66(57,8)90-61/h20,22,26-28,31-32,34,39,41-42,44,48-49,54,56-57,61,83H,14-19,21,23-25,29-30,33,35-38H2,1-13H3,(H,71,79)(H3,69,70,82)/b26-20+,40-22+/t41-,42+,48+,49+,54+,56-,57+,61+,66+,67-/m1/s1. The molecule has 0 aromatic heterocycles. The van der Waals surface area contributed by atoms with E-state index in [1.807, 2.05) is 26.8 Å². The average molecular weight is 1310 g/mol. The molecule has 0 spiro atoms. The third-order valence-electron chi connectivity index (χ3n) is 18.1. The highest BCUT2D eigenvalue weighted by atomic mass is 35.5. The second kappa shape index (κ2) is 33.4. The Kier molecular flexibility index (Phi) is 27.6. The number of carbonyl (C=O) groups is 9. The molecule has 10 atom stereocenters. The molecule has 2 aromatic rings. The van der Waals surface area contributed by atoms with E-state index < -0.39 is 124 Å². The highest BCUT2D eigenvalue weighted by Gasteiger charge is 2.64. The Morgan fingerprint density at radius 3 is 2.25 bits per heavy atom. The van der Waals surface area contributed by atoms with Gasteiger partial charge in [0.2, 0.25) is 11.8 Å². The number of halogens is 1. The van der Waals surface area contributed by atoms with Gasteiger partial charge in [-0.3, -0.25) is 33.6 Å². The Morgan fingerprint density at radius 2 is 1.64 bits per heavy atom. The Balaban J connectivity index is 1.37. The minimum Gasteiger partial charge on any atom is -0.495 e. The predicted molar refractivity (Wildman–Crippen MR) is 343 cm³/mol. The number of ether oxygens (including phenoxy) is 5. The average Bonchev–Trinajstić information content (AvgIpc) is 1.58. The van der Waals surface area contributed by atoms with E-state index in [9.17, 15) is 56.7 Å². The first kappa shape index (κ1) is 75.2. The number of unbranched alkanes of at least 4 members (excludes halogenated alkanes) is 3. The molecule has 22 nitrogen and oxygen atoms in total. The lowest BCUT2D eigenvalue weighted by Crippen LogP contribution is -2.53. The second-order valence-electron chi connectivity index (χ2n) is 25.4. The van der Waals surface area contributed by atoms with Crippen LogP contribution in [0.2, 0.25) is 5.02 Å². The maximum absolute atomic E-state index is 14.6. The van der Waals surface area contributed by atoms with Gasteiger partial charge in [-0.25, -0.2) is 18.0 Å². The number of primary amides is 1. The zero-order valence-corrected chi connectivity index (χ0v) is 56.7. The molecular weight excluding hydrogens is 1210 g/mol. The number of hydrogen-bond donors (Lipinski definition) is 4. The van der Waals surface area contributed by atoms with Gasteiger partial charge in [-0.1, -0.05) is 88.9 Å². The summed E-state index contributed by atoms with van der Waals surface area (Å²) >= 11 is 6.86. The quantitative estimate of drug-likeness (QED) is 0.0339. The number of esters is 2. The van der Waals surface area contributed by atoms with Crippen molar-refractivity contribution in [2.75, 3.05) is 46.0 Å². The summed E-state index contributed by atoms with van der Waals surface area (Å²) in [5, 5.41) is 17.5. The van der Waals surface area contributed by atoms with Crippen LogP contribution in [0.5, 0.6) is 5.75 Å². The maximum atomic E-state index is 14.6. The highest BCUT2D eigenvalue weighted by Crippen LogP contribution is 2.50. The molecule has 24 heteroatoms. The Bertz CT molecular complexity index is 3170. The van der Waals surface area contributed by atoms with Crippen molar-refractivity contribution in [1.29, 1.82) is 0 Å². The molecule has 5 amide bonds. The number of methoxy groups -OCH3 is 2. The minimum atomic E-state index is -4.19. The van der Waals surface area contributed by atoms with Crippen molar-refractivity contribution in [3.05, 3.63) is 75.8 Å². The first-order chi connectivity index (χ1) is 42.7. The van der Waals surface area contributed by atoms with E-state index in [-0.39, 0.29) is 89.5 Å². The number of sulfone groups is 1. The van der Waals surface area contributed by atoms with E-state index in [2.05, 4.69) is 10.6 Å². The van der Waals surface area contributed by atoms with E-state index in [0.717, 1.165) is 60.5 Å². The predicted octanol–water partition coefficient (Wildman–Crippen LogP) is 8.10. The Morgan fingerprint density at radius 1 is 0.967 bits per heavy atom. The van der Waals surface area contributed by atoms with E-state index in [0.29, 0.717) is 30.7 Å². The number of carbonyl (C=O) groups excluding carboxylic acids is 9. The number of nitrogens with two attached hydrogens (primary N) is 1. The van der Waals surface area contributed by atoms with Gasteiger partial charge >= 0.3 is 18.0 Å². The van der Waals surface area contributed by atoms with Crippen LogP contribution in [-0.4, -0.2) is 160 Å². The molecule has 0 unspecified atom stereocenters. The van der Waals surface area contributed by atoms with Crippen LogP contribution in [0.1, 0.15) is 167 Å². The zero-order valence-electron chi connectivity index (χ0n) is 55.2. The number of hydrogen-bond acceptors (Lipinski definition) is 17. The van der Waals surface area contributed by atoms with Crippen molar-refractivity contribution in [3.8, 4) is 5.75 Å². The number of amides is 5. The summed E-state index contributed by atoms with van der Waals surface area (Å²) in [7, 11) is 1.50. The Hall–Kier alpha value is -6.53. The lowest BCUT2D eigenvalue weighted by atomic mass is 9.78. The third kappa shape index (κ3) is 20.2. The zero-order chi connectivity index (χ0) is 67.9. The molecule has 91 heavy (non-hydrogen) atoms. The van der Waals surface area contributed by atoms with E-state index in [1.54, 1.807) is 52.0 Å². The number of epoxide rings is 1. The Labute approximate surface area is 541 Å². The molecule has 2 aromatic carbocycles. The summed E-state index contributed by atoms with van der Waals surface area (Å²) in [5.41, 5.74) is 3.91. The van der Waals surface area contributed by atoms with E-state index >= 15 is 0 Å². The number of anilines is 1. The van der Waals surface area contributed by atoms with Crippen molar-refractivity contribution in [3.63, 3.8) is 0 Å². The van der Waals surface area contributed by atoms with Crippen LogP contribution in [-0.2, 0) is 75.2 Å². The number of nitrogens with one attached hydrogen (secondary N) is 2. The van der Waals surface area contributed by atoms with Crippen LogP contribution < -0.4 is 26.0 Å². The van der Waals surface area contributed by atoms with Crippen LogP contribution in [0.4, 0.5) is 10.5 Å². The van der Waals surface area contributed by atoms with Crippen molar-refractivity contribution in [2.45, 2.75) is 211 Å². The third-order valence-corrected chi connectivity index (χ3v) is 19.7. The van der Waals surface area contributed by atoms with Crippen molar-refractivity contribution >= 4 is 80.2 Å². The summed E-state index contributed by atoms with van der Waals surface area (Å²) in [6.45, 7) is 14.3. The first-order valence-electron chi connectivity index (χ1n) is 31.5. The van der Waals surface area contributed by atoms with Crippen LogP contribution in [0, 0.1) is 23.7 Å². The summed E-state index contributed by atoms with van der Waals surface area (Å²) in [5.74, 6) is -5.42. The van der Waals surface area contributed by atoms with Gasteiger partial charge in [-0.2, -0.15) is 0 Å². The molecule has 4 bridgehead atoms. The summed E-state index contributed by atoms with van der Waals surface area (Å²) in [4.78, 5) is 124. The fraction of sp³-hybridized carbons (Fsp3) is 0.627. The normalized spacial score (nSPS) is 23.9. The topological polar surface area (TPSA) is 314 Å². The number of rotatable bonds is 29. The van der Waals surface area contributed by atoms with E-state index in [4.69, 9.17) is 41.0 Å². The van der Waals surface area contributed by atoms with Gasteiger partial charge in [0.1, 0.15) is 57.9 Å². The van der Waals surface area contributed by atoms with Gasteiger partial charge in [-0.05, 0) is 107 Å². The molecule has 0 saturated carbocycles. The molecule has 3 heterocycles. The van der Waals surface area contributed by atoms with Crippen molar-refractivity contribution in [2.24, 2.45) is 29.4 Å². The molecule has 0 radical (unpaired) electrons. The molecular formula is C67H96ClN5O17S. The molecule has 3 aliphatic rings. The van der Waals surface area contributed by atoms with Crippen LogP contribution in [0.15, 0.2) is 59.0 Å². The number of allylic oxidation sites excluding steroid dienone is 3. The second-order valence-corrected chi connectivity index (χ2v) is 27.7. The van der Waals surface area contributed by atoms with Gasteiger partial charge in [0.15, 0.2) is 15.6 Å². The van der Waals surface area contributed by atoms with Gasteiger partial charge < -0.3 is 55.0 Å². The molecule has 504 valence electrons. The summed E-state index contributed by atoms with van der Waals surface area (Å²) in [6, 6.07) is 3.80. The monoisotopic (exact) mass is 1310 g/mol.